The average Bonchev–Trinajstić information content (AvgIpc) is 2.82. The Morgan fingerprint density at radius 2 is 2.15 bits per heavy atom. The van der Waals surface area contributed by atoms with E-state index in [1.54, 1.807) is 0 Å². The van der Waals surface area contributed by atoms with Crippen molar-refractivity contribution < 1.29 is 18.0 Å². The van der Waals surface area contributed by atoms with E-state index in [1.165, 1.54) is 17.5 Å². The molecule has 1 amide bonds. The molecule has 0 aliphatic carbocycles. The van der Waals surface area contributed by atoms with Gasteiger partial charge in [0.05, 0.1) is 5.56 Å². The number of aromatic nitrogens is 1. The van der Waals surface area contributed by atoms with Crippen molar-refractivity contribution in [2.45, 2.75) is 12.7 Å². The van der Waals surface area contributed by atoms with Gasteiger partial charge in [0.1, 0.15) is 5.69 Å². The van der Waals surface area contributed by atoms with Crippen LogP contribution in [-0.2, 0) is 12.7 Å². The SMILES string of the molecule is Nc1nc(C(=O)NCc2cccc(C(F)(F)F)c2)cs1. The highest BCUT2D eigenvalue weighted by atomic mass is 32.1. The maximum absolute atomic E-state index is 12.5. The number of alkyl halides is 3. The number of nitrogens with one attached hydrogen (secondary N) is 1. The van der Waals surface area contributed by atoms with Crippen LogP contribution in [0.5, 0.6) is 0 Å². The Morgan fingerprint density at radius 1 is 1.40 bits per heavy atom. The van der Waals surface area contributed by atoms with Crippen molar-refractivity contribution in [3.63, 3.8) is 0 Å². The van der Waals surface area contributed by atoms with Crippen LogP contribution in [0, 0.1) is 0 Å². The number of rotatable bonds is 3. The summed E-state index contributed by atoms with van der Waals surface area (Å²) < 4.78 is 37.6. The van der Waals surface area contributed by atoms with Crippen LogP contribution in [0.1, 0.15) is 21.6 Å². The number of benzene rings is 1. The lowest BCUT2D eigenvalue weighted by molar-refractivity contribution is -0.137. The average molecular weight is 301 g/mol. The predicted octanol–water partition coefficient (Wildman–Crippen LogP) is 2.67. The number of nitrogen functional groups attached to an aromatic ring is 1. The highest BCUT2D eigenvalue weighted by molar-refractivity contribution is 7.13. The molecule has 20 heavy (non-hydrogen) atoms. The third-order valence-corrected chi connectivity index (χ3v) is 3.14. The number of amides is 1. The van der Waals surface area contributed by atoms with Gasteiger partial charge in [-0.1, -0.05) is 12.1 Å². The molecule has 106 valence electrons. The lowest BCUT2D eigenvalue weighted by atomic mass is 10.1. The predicted molar refractivity (Wildman–Crippen MR) is 69.1 cm³/mol. The Kier molecular flexibility index (Phi) is 3.93. The summed E-state index contributed by atoms with van der Waals surface area (Å²) in [7, 11) is 0. The van der Waals surface area contributed by atoms with E-state index in [-0.39, 0.29) is 17.4 Å². The second-order valence-electron chi connectivity index (χ2n) is 3.95. The summed E-state index contributed by atoms with van der Waals surface area (Å²) in [5.41, 5.74) is 5.16. The van der Waals surface area contributed by atoms with Gasteiger partial charge in [-0.2, -0.15) is 13.2 Å². The molecule has 0 fully saturated rings. The number of nitrogens with zero attached hydrogens (tertiary/aromatic N) is 1. The zero-order valence-electron chi connectivity index (χ0n) is 10.1. The summed E-state index contributed by atoms with van der Waals surface area (Å²) in [5, 5.41) is 4.23. The third kappa shape index (κ3) is 3.47. The summed E-state index contributed by atoms with van der Waals surface area (Å²) in [5.74, 6) is -0.477. The van der Waals surface area contributed by atoms with Gasteiger partial charge in [0.15, 0.2) is 5.13 Å². The molecule has 2 aromatic rings. The monoisotopic (exact) mass is 301 g/mol. The van der Waals surface area contributed by atoms with Crippen molar-refractivity contribution in [3.05, 3.63) is 46.5 Å². The van der Waals surface area contributed by atoms with Gasteiger partial charge < -0.3 is 11.1 Å². The molecule has 0 radical (unpaired) electrons. The smallest absolute Gasteiger partial charge is 0.375 e. The largest absolute Gasteiger partial charge is 0.416 e. The van der Waals surface area contributed by atoms with Crippen LogP contribution in [0.4, 0.5) is 18.3 Å². The second kappa shape index (κ2) is 5.49. The molecular weight excluding hydrogens is 291 g/mol. The van der Waals surface area contributed by atoms with Crippen LogP contribution in [0.3, 0.4) is 0 Å². The quantitative estimate of drug-likeness (QED) is 0.916. The maximum Gasteiger partial charge on any atom is 0.416 e. The van der Waals surface area contributed by atoms with Crippen molar-refractivity contribution in [2.24, 2.45) is 0 Å². The van der Waals surface area contributed by atoms with E-state index in [9.17, 15) is 18.0 Å². The summed E-state index contributed by atoms with van der Waals surface area (Å²) in [6, 6.07) is 4.78. The fourth-order valence-electron chi connectivity index (χ4n) is 1.52. The number of hydrogen-bond acceptors (Lipinski definition) is 4. The zero-order valence-corrected chi connectivity index (χ0v) is 10.9. The van der Waals surface area contributed by atoms with E-state index in [4.69, 9.17) is 5.73 Å². The molecule has 1 aromatic carbocycles. The van der Waals surface area contributed by atoms with Gasteiger partial charge in [-0.3, -0.25) is 4.79 Å². The standard InChI is InChI=1S/C12H10F3N3OS/c13-12(14,15)8-3-1-2-7(4-8)5-17-10(19)9-6-20-11(16)18-9/h1-4,6H,5H2,(H2,16,18)(H,17,19). The molecule has 0 saturated carbocycles. The number of carbonyl (C=O) groups is 1. The van der Waals surface area contributed by atoms with Crippen LogP contribution in [0.25, 0.3) is 0 Å². The lowest BCUT2D eigenvalue weighted by Gasteiger charge is -2.09. The number of carbonyl (C=O) groups excluding carboxylic acids is 1. The molecule has 0 unspecified atom stereocenters. The van der Waals surface area contributed by atoms with Gasteiger partial charge in [-0.25, -0.2) is 4.98 Å². The van der Waals surface area contributed by atoms with E-state index in [0.29, 0.717) is 5.56 Å². The summed E-state index contributed by atoms with van der Waals surface area (Å²) in [6.45, 7) is -0.0137. The molecule has 4 nitrogen and oxygen atoms in total. The Hall–Kier alpha value is -2.09. The van der Waals surface area contributed by atoms with E-state index in [0.717, 1.165) is 23.5 Å². The minimum Gasteiger partial charge on any atom is -0.375 e. The molecular formula is C12H10F3N3OS. The lowest BCUT2D eigenvalue weighted by Crippen LogP contribution is -2.23. The number of anilines is 1. The highest BCUT2D eigenvalue weighted by Gasteiger charge is 2.30. The van der Waals surface area contributed by atoms with Gasteiger partial charge in [0.2, 0.25) is 0 Å². The number of thiazole rings is 1. The molecule has 1 heterocycles. The molecule has 0 aliphatic rings. The van der Waals surface area contributed by atoms with E-state index in [1.807, 2.05) is 0 Å². The Labute approximate surface area is 116 Å². The van der Waals surface area contributed by atoms with Gasteiger partial charge >= 0.3 is 6.18 Å². The molecule has 0 bridgehead atoms. The van der Waals surface area contributed by atoms with Gasteiger partial charge in [0, 0.05) is 11.9 Å². The zero-order chi connectivity index (χ0) is 14.8. The van der Waals surface area contributed by atoms with Crippen molar-refractivity contribution in [2.75, 3.05) is 5.73 Å². The fourth-order valence-corrected chi connectivity index (χ4v) is 2.07. The number of hydrogen-bond donors (Lipinski definition) is 2. The molecule has 0 atom stereocenters. The Morgan fingerprint density at radius 3 is 2.75 bits per heavy atom. The first-order chi connectivity index (χ1) is 9.36. The third-order valence-electron chi connectivity index (χ3n) is 2.46. The fraction of sp³-hybridized carbons (Fsp3) is 0.167. The van der Waals surface area contributed by atoms with E-state index < -0.39 is 17.6 Å². The van der Waals surface area contributed by atoms with E-state index >= 15 is 0 Å². The molecule has 2 rings (SSSR count). The van der Waals surface area contributed by atoms with Crippen molar-refractivity contribution in [1.29, 1.82) is 0 Å². The Bertz CT molecular complexity index is 624. The minimum absolute atomic E-state index is 0.0137. The van der Waals surface area contributed by atoms with Crippen LogP contribution in [0.15, 0.2) is 29.6 Å². The maximum atomic E-state index is 12.5. The summed E-state index contributed by atoms with van der Waals surface area (Å²) in [6.07, 6.45) is -4.40. The van der Waals surface area contributed by atoms with Gasteiger partial charge in [-0.15, -0.1) is 11.3 Å². The van der Waals surface area contributed by atoms with Crippen molar-refractivity contribution in [3.8, 4) is 0 Å². The van der Waals surface area contributed by atoms with Crippen molar-refractivity contribution >= 4 is 22.4 Å². The van der Waals surface area contributed by atoms with Crippen LogP contribution in [0.2, 0.25) is 0 Å². The van der Waals surface area contributed by atoms with Gasteiger partial charge in [-0.05, 0) is 17.7 Å². The molecule has 8 heteroatoms. The first-order valence-corrected chi connectivity index (χ1v) is 6.39. The molecule has 0 saturated heterocycles. The first-order valence-electron chi connectivity index (χ1n) is 5.51. The molecule has 0 aliphatic heterocycles. The summed E-state index contributed by atoms with van der Waals surface area (Å²) >= 11 is 1.12. The molecule has 0 spiro atoms. The van der Waals surface area contributed by atoms with Crippen LogP contribution in [-0.4, -0.2) is 10.9 Å². The van der Waals surface area contributed by atoms with Gasteiger partial charge in [0.25, 0.3) is 5.91 Å². The highest BCUT2D eigenvalue weighted by Crippen LogP contribution is 2.29. The van der Waals surface area contributed by atoms with Crippen LogP contribution < -0.4 is 11.1 Å². The second-order valence-corrected chi connectivity index (χ2v) is 4.84. The molecule has 3 N–H and O–H groups in total. The van der Waals surface area contributed by atoms with Crippen LogP contribution >= 0.6 is 11.3 Å². The first kappa shape index (κ1) is 14.3. The normalized spacial score (nSPS) is 11.3. The van der Waals surface area contributed by atoms with Crippen molar-refractivity contribution in [1.82, 2.24) is 10.3 Å². The van der Waals surface area contributed by atoms with E-state index in [2.05, 4.69) is 10.3 Å². The number of halogens is 3. The topological polar surface area (TPSA) is 68.0 Å². The summed E-state index contributed by atoms with van der Waals surface area (Å²) in [4.78, 5) is 15.5. The Balaban J connectivity index is 2.02. The number of nitrogens with two attached hydrogens (primary N) is 1. The molecule has 1 aromatic heterocycles. The minimum atomic E-state index is -4.40.